The Morgan fingerprint density at radius 1 is 1.18 bits per heavy atom. The van der Waals surface area contributed by atoms with Gasteiger partial charge in [-0.3, -0.25) is 14.3 Å². The van der Waals surface area contributed by atoms with Gasteiger partial charge in [-0.2, -0.15) is 5.10 Å². The van der Waals surface area contributed by atoms with Crippen LogP contribution in [0, 0.1) is 5.92 Å². The molecule has 9 nitrogen and oxygen atoms in total. The molecule has 9 heteroatoms. The Labute approximate surface area is 199 Å². The maximum absolute atomic E-state index is 13.0. The zero-order valence-electron chi connectivity index (χ0n) is 20.4. The molecule has 34 heavy (non-hydrogen) atoms. The lowest BCUT2D eigenvalue weighted by Crippen LogP contribution is -2.37. The molecule has 1 aromatic carbocycles. The minimum atomic E-state index is -0.222. The fourth-order valence-corrected chi connectivity index (χ4v) is 4.59. The van der Waals surface area contributed by atoms with Crippen molar-refractivity contribution >= 4 is 22.7 Å². The highest BCUT2D eigenvalue weighted by atomic mass is 16.5. The van der Waals surface area contributed by atoms with Gasteiger partial charge in [0.2, 0.25) is 0 Å². The number of esters is 1. The van der Waals surface area contributed by atoms with Crippen LogP contribution >= 0.6 is 0 Å². The highest BCUT2D eigenvalue weighted by Crippen LogP contribution is 2.34. The average molecular weight is 468 g/mol. The van der Waals surface area contributed by atoms with E-state index in [1.54, 1.807) is 11.7 Å². The van der Waals surface area contributed by atoms with E-state index in [9.17, 15) is 9.59 Å². The Kier molecular flexibility index (Phi) is 7.19. The molecule has 1 aliphatic rings. The Morgan fingerprint density at radius 3 is 2.62 bits per heavy atom. The molecule has 0 radical (unpaired) electrons. The highest BCUT2D eigenvalue weighted by Gasteiger charge is 2.27. The molecule has 0 aliphatic carbocycles. The van der Waals surface area contributed by atoms with Crippen molar-refractivity contribution in [3.8, 4) is 17.1 Å². The minimum absolute atomic E-state index is 0.0543. The summed E-state index contributed by atoms with van der Waals surface area (Å²) in [4.78, 5) is 35.1. The van der Waals surface area contributed by atoms with Crippen LogP contribution in [0.15, 0.2) is 23.0 Å². The number of hydrogen-bond donors (Lipinski definition) is 1. The summed E-state index contributed by atoms with van der Waals surface area (Å²) in [7, 11) is 1.77. The molecule has 3 heterocycles. The summed E-state index contributed by atoms with van der Waals surface area (Å²) in [5.74, 6) is 0.969. The zero-order chi connectivity index (χ0) is 24.2. The lowest BCUT2D eigenvalue weighted by atomic mass is 9.96. The van der Waals surface area contributed by atoms with E-state index in [1.807, 2.05) is 32.0 Å². The Balaban J connectivity index is 1.70. The van der Waals surface area contributed by atoms with Crippen molar-refractivity contribution in [2.45, 2.75) is 46.5 Å². The topological polar surface area (TPSA) is 102 Å². The van der Waals surface area contributed by atoms with Gasteiger partial charge in [0.05, 0.1) is 30.4 Å². The van der Waals surface area contributed by atoms with E-state index in [-0.39, 0.29) is 17.4 Å². The molecular weight excluding hydrogens is 434 g/mol. The number of H-pyrrole nitrogens is 1. The number of rotatable bonds is 8. The van der Waals surface area contributed by atoms with Gasteiger partial charge in [-0.05, 0) is 51.3 Å². The van der Waals surface area contributed by atoms with Crippen LogP contribution in [-0.4, -0.2) is 52.0 Å². The largest absolute Gasteiger partial charge is 0.493 e. The summed E-state index contributed by atoms with van der Waals surface area (Å²) in [6.45, 7) is 8.26. The van der Waals surface area contributed by atoms with Gasteiger partial charge < -0.3 is 19.4 Å². The monoisotopic (exact) mass is 467 g/mol. The van der Waals surface area contributed by atoms with Crippen molar-refractivity contribution in [3.63, 3.8) is 0 Å². The van der Waals surface area contributed by atoms with Crippen molar-refractivity contribution in [3.05, 3.63) is 34.2 Å². The van der Waals surface area contributed by atoms with E-state index in [0.29, 0.717) is 35.8 Å². The molecule has 0 spiro atoms. The molecule has 1 fully saturated rings. The van der Waals surface area contributed by atoms with Crippen LogP contribution in [0.25, 0.3) is 22.4 Å². The lowest BCUT2D eigenvalue weighted by Gasteiger charge is -2.33. The number of fused-ring (bicyclic) bond motifs is 1. The molecular formula is C25H33N5O4. The Hall–Kier alpha value is -3.36. The number of anilines is 1. The number of carbonyl (C=O) groups excluding carboxylic acids is 1. The van der Waals surface area contributed by atoms with Gasteiger partial charge in [-0.1, -0.05) is 13.3 Å². The molecule has 0 bridgehead atoms. The number of ether oxygens (including phenoxy) is 2. The van der Waals surface area contributed by atoms with Gasteiger partial charge in [-0.15, -0.1) is 0 Å². The first-order valence-corrected chi connectivity index (χ1v) is 12.1. The number of carbonyl (C=O) groups is 1. The van der Waals surface area contributed by atoms with Gasteiger partial charge >= 0.3 is 5.97 Å². The Bertz CT molecular complexity index is 1220. The smallest absolute Gasteiger partial charge is 0.309 e. The molecule has 182 valence electrons. The molecule has 0 amide bonds. The maximum atomic E-state index is 13.0. The summed E-state index contributed by atoms with van der Waals surface area (Å²) in [6, 6.07) is 5.95. The first-order valence-electron chi connectivity index (χ1n) is 12.1. The van der Waals surface area contributed by atoms with Crippen LogP contribution in [0.3, 0.4) is 0 Å². The van der Waals surface area contributed by atoms with Crippen LogP contribution < -0.4 is 15.2 Å². The lowest BCUT2D eigenvalue weighted by molar-refractivity contribution is -0.148. The van der Waals surface area contributed by atoms with Crippen LogP contribution in [0.1, 0.15) is 45.7 Å². The van der Waals surface area contributed by atoms with E-state index in [2.05, 4.69) is 21.9 Å². The van der Waals surface area contributed by atoms with Crippen LogP contribution in [0.4, 0.5) is 5.69 Å². The number of hydrogen-bond acceptors (Lipinski definition) is 7. The summed E-state index contributed by atoms with van der Waals surface area (Å²) in [5.41, 5.74) is 3.44. The SMILES string of the molecule is CCCc1nn(C)c2c(=O)[nH]c(-c3cc(N4CCC(C(=O)OCC)CC4)ccc3OCC)nc12. The van der Waals surface area contributed by atoms with Gasteiger partial charge in [0.15, 0.2) is 5.52 Å². The van der Waals surface area contributed by atoms with Gasteiger partial charge in [-0.25, -0.2) is 4.98 Å². The van der Waals surface area contributed by atoms with E-state index in [4.69, 9.17) is 14.5 Å². The highest BCUT2D eigenvalue weighted by molar-refractivity contribution is 5.80. The second-order valence-electron chi connectivity index (χ2n) is 8.56. The number of aryl methyl sites for hydroxylation is 2. The van der Waals surface area contributed by atoms with Crippen molar-refractivity contribution < 1.29 is 14.3 Å². The number of nitrogens with zero attached hydrogens (tertiary/aromatic N) is 4. The number of piperidine rings is 1. The number of benzene rings is 1. The van der Waals surface area contributed by atoms with Crippen molar-refractivity contribution in [1.29, 1.82) is 0 Å². The molecule has 0 saturated carbocycles. The number of nitrogens with one attached hydrogen (secondary N) is 1. The molecule has 1 N–H and O–H groups in total. The van der Waals surface area contributed by atoms with Gasteiger partial charge in [0.1, 0.15) is 17.1 Å². The average Bonchev–Trinajstić information content (AvgIpc) is 3.15. The standard InChI is InChI=1S/C25H33N5O4/c1-5-8-19-21-22(29(4)28-19)24(31)27-23(26-21)18-15-17(9-10-20(18)33-6-2)30-13-11-16(12-14-30)25(32)34-7-3/h9-10,15-16H,5-8,11-14H2,1-4H3,(H,26,27,31). The number of aromatic amines is 1. The third-order valence-electron chi connectivity index (χ3n) is 6.25. The summed E-state index contributed by atoms with van der Waals surface area (Å²) < 4.78 is 12.7. The number of aromatic nitrogens is 4. The molecule has 3 aromatic rings. The van der Waals surface area contributed by atoms with E-state index >= 15 is 0 Å². The summed E-state index contributed by atoms with van der Waals surface area (Å²) in [5, 5.41) is 4.52. The van der Waals surface area contributed by atoms with Gasteiger partial charge in [0.25, 0.3) is 5.56 Å². The third-order valence-corrected chi connectivity index (χ3v) is 6.25. The van der Waals surface area contributed by atoms with Crippen molar-refractivity contribution in [2.24, 2.45) is 13.0 Å². The van der Waals surface area contributed by atoms with E-state index < -0.39 is 0 Å². The van der Waals surface area contributed by atoms with Crippen LogP contribution in [0.2, 0.25) is 0 Å². The molecule has 2 aromatic heterocycles. The van der Waals surface area contributed by atoms with Crippen LogP contribution in [-0.2, 0) is 23.0 Å². The molecule has 1 aliphatic heterocycles. The predicted molar refractivity (Wildman–Crippen MR) is 131 cm³/mol. The summed E-state index contributed by atoms with van der Waals surface area (Å²) in [6.07, 6.45) is 3.16. The molecule has 0 unspecified atom stereocenters. The fraction of sp³-hybridized carbons (Fsp3) is 0.520. The normalized spacial score (nSPS) is 14.5. The minimum Gasteiger partial charge on any atom is -0.493 e. The second kappa shape index (κ2) is 10.3. The summed E-state index contributed by atoms with van der Waals surface area (Å²) >= 11 is 0. The van der Waals surface area contributed by atoms with Crippen molar-refractivity contribution in [1.82, 2.24) is 19.7 Å². The second-order valence-corrected chi connectivity index (χ2v) is 8.56. The quantitative estimate of drug-likeness (QED) is 0.506. The fourth-order valence-electron chi connectivity index (χ4n) is 4.59. The van der Waals surface area contributed by atoms with Crippen LogP contribution in [0.5, 0.6) is 5.75 Å². The molecule has 1 saturated heterocycles. The van der Waals surface area contributed by atoms with E-state index in [1.165, 1.54) is 0 Å². The molecule has 4 rings (SSSR count). The predicted octanol–water partition coefficient (Wildman–Crippen LogP) is 3.45. The molecule has 0 atom stereocenters. The first-order chi connectivity index (χ1) is 16.5. The first kappa shape index (κ1) is 23.8. The van der Waals surface area contributed by atoms with E-state index in [0.717, 1.165) is 55.7 Å². The van der Waals surface area contributed by atoms with Gasteiger partial charge in [0, 0.05) is 25.8 Å². The van der Waals surface area contributed by atoms with Crippen molar-refractivity contribution in [2.75, 3.05) is 31.2 Å². The Morgan fingerprint density at radius 2 is 1.94 bits per heavy atom. The maximum Gasteiger partial charge on any atom is 0.309 e. The third kappa shape index (κ3) is 4.64. The zero-order valence-corrected chi connectivity index (χ0v) is 20.4.